The number of aryl methyl sites for hydroxylation is 2. The van der Waals surface area contributed by atoms with Gasteiger partial charge in [0.2, 0.25) is 0 Å². The van der Waals surface area contributed by atoms with Gasteiger partial charge in [-0.25, -0.2) is 9.67 Å². The van der Waals surface area contributed by atoms with E-state index in [1.807, 2.05) is 24.6 Å². The van der Waals surface area contributed by atoms with Crippen LogP contribution in [0.25, 0.3) is 5.82 Å². The Bertz CT molecular complexity index is 687. The minimum atomic E-state index is 0.566. The van der Waals surface area contributed by atoms with Gasteiger partial charge in [-0.05, 0) is 19.9 Å². The van der Waals surface area contributed by atoms with Crippen molar-refractivity contribution in [1.82, 2.24) is 29.5 Å². The first kappa shape index (κ1) is 14.6. The number of anilines is 1. The first-order chi connectivity index (χ1) is 11.2. The molecule has 3 fully saturated rings. The van der Waals surface area contributed by atoms with Crippen LogP contribution in [0.1, 0.15) is 11.4 Å². The minimum Gasteiger partial charge on any atom is -0.367 e. The van der Waals surface area contributed by atoms with Crippen molar-refractivity contribution in [3.8, 4) is 5.82 Å². The second-order valence-electron chi connectivity index (χ2n) is 6.47. The highest BCUT2D eigenvalue weighted by atomic mass is 15.4. The molecule has 0 aliphatic carbocycles. The Morgan fingerprint density at radius 1 is 1.17 bits per heavy atom. The Labute approximate surface area is 136 Å². The third-order valence-corrected chi connectivity index (χ3v) is 4.76. The van der Waals surface area contributed by atoms with Crippen LogP contribution in [-0.4, -0.2) is 74.9 Å². The molecule has 122 valence electrons. The normalized spacial score (nSPS) is 26.4. The van der Waals surface area contributed by atoms with Gasteiger partial charge in [0.15, 0.2) is 5.82 Å². The lowest BCUT2D eigenvalue weighted by molar-refractivity contribution is 0.0189. The number of hydrogen-bond donors (Lipinski definition) is 1. The average molecular weight is 313 g/mol. The maximum absolute atomic E-state index is 4.66. The molecule has 0 amide bonds. The van der Waals surface area contributed by atoms with Crippen molar-refractivity contribution < 1.29 is 0 Å². The van der Waals surface area contributed by atoms with Crippen molar-refractivity contribution in [3.63, 3.8) is 0 Å². The van der Waals surface area contributed by atoms with Gasteiger partial charge in [-0.1, -0.05) is 0 Å². The minimum absolute atomic E-state index is 0.566. The van der Waals surface area contributed by atoms with Gasteiger partial charge in [0.25, 0.3) is 0 Å². The standard InChI is InChI=1S/C16H23N7/c1-12-7-13(2)23(20-12)16-10-17-9-15(19-16)18-8-14-11-21-3-5-22(14)6-4-21/h7,9-10,14H,3-6,8,11H2,1-2H3,(H,18,19). The highest BCUT2D eigenvalue weighted by Crippen LogP contribution is 2.16. The van der Waals surface area contributed by atoms with E-state index in [-0.39, 0.29) is 0 Å². The van der Waals surface area contributed by atoms with Crippen LogP contribution < -0.4 is 5.32 Å². The molecule has 7 heteroatoms. The van der Waals surface area contributed by atoms with Crippen LogP contribution in [0.3, 0.4) is 0 Å². The van der Waals surface area contributed by atoms with E-state index in [0.29, 0.717) is 6.04 Å². The van der Waals surface area contributed by atoms with E-state index in [4.69, 9.17) is 0 Å². The summed E-state index contributed by atoms with van der Waals surface area (Å²) < 4.78 is 1.84. The zero-order chi connectivity index (χ0) is 15.8. The number of aromatic nitrogens is 4. The van der Waals surface area contributed by atoms with Gasteiger partial charge >= 0.3 is 0 Å². The Balaban J connectivity index is 1.46. The summed E-state index contributed by atoms with van der Waals surface area (Å²) in [4.78, 5) is 14.1. The fraction of sp³-hybridized carbons (Fsp3) is 0.562. The van der Waals surface area contributed by atoms with Gasteiger partial charge < -0.3 is 5.32 Å². The van der Waals surface area contributed by atoms with Gasteiger partial charge in [-0.15, -0.1) is 0 Å². The number of piperazine rings is 3. The number of rotatable bonds is 4. The quantitative estimate of drug-likeness (QED) is 0.896. The van der Waals surface area contributed by atoms with Gasteiger partial charge in [-0.3, -0.25) is 14.8 Å². The number of nitrogens with one attached hydrogen (secondary N) is 1. The molecule has 3 saturated heterocycles. The van der Waals surface area contributed by atoms with Crippen LogP contribution in [0, 0.1) is 13.8 Å². The molecule has 0 saturated carbocycles. The summed E-state index contributed by atoms with van der Waals surface area (Å²) in [5.74, 6) is 1.57. The van der Waals surface area contributed by atoms with E-state index in [2.05, 4.69) is 30.2 Å². The summed E-state index contributed by atoms with van der Waals surface area (Å²) in [5, 5.41) is 7.93. The Morgan fingerprint density at radius 3 is 2.65 bits per heavy atom. The molecule has 23 heavy (non-hydrogen) atoms. The van der Waals surface area contributed by atoms with Crippen molar-refractivity contribution in [2.45, 2.75) is 19.9 Å². The predicted molar refractivity (Wildman–Crippen MR) is 88.9 cm³/mol. The van der Waals surface area contributed by atoms with Crippen molar-refractivity contribution >= 4 is 5.82 Å². The van der Waals surface area contributed by atoms with Crippen LogP contribution in [-0.2, 0) is 0 Å². The summed E-state index contributed by atoms with van der Waals surface area (Å²) in [6.07, 6.45) is 3.54. The lowest BCUT2D eigenvalue weighted by Crippen LogP contribution is -2.62. The Morgan fingerprint density at radius 2 is 2.00 bits per heavy atom. The molecule has 7 nitrogen and oxygen atoms in total. The van der Waals surface area contributed by atoms with Gasteiger partial charge in [-0.2, -0.15) is 5.10 Å². The molecule has 0 aromatic carbocycles. The highest BCUT2D eigenvalue weighted by Gasteiger charge is 2.31. The van der Waals surface area contributed by atoms with Crippen molar-refractivity contribution in [2.75, 3.05) is 44.6 Å². The molecule has 3 aliphatic heterocycles. The molecule has 3 aliphatic rings. The third-order valence-electron chi connectivity index (χ3n) is 4.76. The summed E-state index contributed by atoms with van der Waals surface area (Å²) in [6, 6.07) is 2.61. The first-order valence-corrected chi connectivity index (χ1v) is 8.25. The zero-order valence-electron chi connectivity index (χ0n) is 13.7. The molecule has 1 N–H and O–H groups in total. The summed E-state index contributed by atoms with van der Waals surface area (Å²) in [7, 11) is 0. The molecular formula is C16H23N7. The van der Waals surface area contributed by atoms with Crippen molar-refractivity contribution in [1.29, 1.82) is 0 Å². The van der Waals surface area contributed by atoms with Crippen LogP contribution >= 0.6 is 0 Å². The summed E-state index contributed by atoms with van der Waals surface area (Å²) >= 11 is 0. The van der Waals surface area contributed by atoms with E-state index < -0.39 is 0 Å². The zero-order valence-corrected chi connectivity index (χ0v) is 13.7. The van der Waals surface area contributed by atoms with E-state index in [9.17, 15) is 0 Å². The fourth-order valence-electron chi connectivity index (χ4n) is 3.54. The molecule has 2 aromatic rings. The fourth-order valence-corrected chi connectivity index (χ4v) is 3.54. The second-order valence-corrected chi connectivity index (χ2v) is 6.47. The maximum atomic E-state index is 4.66. The van der Waals surface area contributed by atoms with Crippen molar-refractivity contribution in [2.24, 2.45) is 0 Å². The molecule has 2 bridgehead atoms. The van der Waals surface area contributed by atoms with Gasteiger partial charge in [0, 0.05) is 51.0 Å². The monoisotopic (exact) mass is 313 g/mol. The number of fused-ring (bicyclic) bond motifs is 3. The SMILES string of the molecule is Cc1cc(C)n(-c2cncc(NCC3CN4CCN3CC4)n2)n1. The predicted octanol–water partition coefficient (Wildman–Crippen LogP) is 0.691. The third kappa shape index (κ3) is 2.94. The largest absolute Gasteiger partial charge is 0.367 e. The van der Waals surface area contributed by atoms with Crippen LogP contribution in [0.2, 0.25) is 0 Å². The van der Waals surface area contributed by atoms with Crippen LogP contribution in [0.4, 0.5) is 5.82 Å². The topological polar surface area (TPSA) is 62.1 Å². The second kappa shape index (κ2) is 5.90. The molecule has 0 spiro atoms. The van der Waals surface area contributed by atoms with E-state index in [0.717, 1.165) is 36.1 Å². The summed E-state index contributed by atoms with van der Waals surface area (Å²) in [5.41, 5.74) is 2.06. The van der Waals surface area contributed by atoms with Crippen molar-refractivity contribution in [3.05, 3.63) is 29.8 Å². The molecule has 1 atom stereocenters. The lowest BCUT2D eigenvalue weighted by Gasteiger charge is -2.47. The average Bonchev–Trinajstić information content (AvgIpc) is 2.93. The molecule has 0 radical (unpaired) electrons. The smallest absolute Gasteiger partial charge is 0.174 e. The number of nitrogens with zero attached hydrogens (tertiary/aromatic N) is 6. The summed E-state index contributed by atoms with van der Waals surface area (Å²) in [6.45, 7) is 10.9. The van der Waals surface area contributed by atoms with E-state index >= 15 is 0 Å². The molecular weight excluding hydrogens is 290 g/mol. The van der Waals surface area contributed by atoms with E-state index in [1.165, 1.54) is 26.2 Å². The first-order valence-electron chi connectivity index (χ1n) is 8.25. The number of hydrogen-bond acceptors (Lipinski definition) is 6. The Hall–Kier alpha value is -1.99. The molecule has 5 rings (SSSR count). The molecule has 5 heterocycles. The highest BCUT2D eigenvalue weighted by molar-refractivity contribution is 5.36. The van der Waals surface area contributed by atoms with Crippen LogP contribution in [0.15, 0.2) is 18.5 Å². The Kier molecular flexibility index (Phi) is 3.74. The van der Waals surface area contributed by atoms with E-state index in [1.54, 1.807) is 12.4 Å². The maximum Gasteiger partial charge on any atom is 0.174 e. The molecule has 2 aromatic heterocycles. The van der Waals surface area contributed by atoms with Crippen LogP contribution in [0.5, 0.6) is 0 Å². The lowest BCUT2D eigenvalue weighted by atomic mass is 10.1. The molecule has 1 unspecified atom stereocenters. The van der Waals surface area contributed by atoms with Gasteiger partial charge in [0.05, 0.1) is 18.1 Å². The van der Waals surface area contributed by atoms with Gasteiger partial charge in [0.1, 0.15) is 5.82 Å².